The first-order valence-corrected chi connectivity index (χ1v) is 4.83. The van der Waals surface area contributed by atoms with E-state index >= 15 is 0 Å². The fourth-order valence-corrected chi connectivity index (χ4v) is 2.24. The summed E-state index contributed by atoms with van der Waals surface area (Å²) in [6.07, 6.45) is 2.81. The zero-order chi connectivity index (χ0) is 9.19. The van der Waals surface area contributed by atoms with E-state index in [4.69, 9.17) is 16.3 Å². The molecule has 2 nitrogen and oxygen atoms in total. The zero-order valence-corrected chi connectivity index (χ0v) is 8.30. The van der Waals surface area contributed by atoms with Gasteiger partial charge in [0.25, 0.3) is 0 Å². The smallest absolute Gasteiger partial charge is 0.127 e. The Labute approximate surface area is 78.2 Å². The molecule has 0 aromatic rings. The topological polar surface area (TPSA) is 26.3 Å². The summed E-state index contributed by atoms with van der Waals surface area (Å²) in [7, 11) is 0. The van der Waals surface area contributed by atoms with Gasteiger partial charge >= 0.3 is 0 Å². The standard InChI is InChI=1S/C9H15ClO2/c1-7-3-9(5-10,6-11)4-8(2)12-7/h6-8H,3-5H2,1-2H3. The van der Waals surface area contributed by atoms with Crippen LogP contribution in [0.4, 0.5) is 0 Å². The fourth-order valence-electron chi connectivity index (χ4n) is 1.96. The second-order valence-electron chi connectivity index (χ2n) is 3.78. The molecule has 0 saturated carbocycles. The third kappa shape index (κ3) is 1.99. The summed E-state index contributed by atoms with van der Waals surface area (Å²) in [4.78, 5) is 10.9. The van der Waals surface area contributed by atoms with Crippen molar-refractivity contribution >= 4 is 17.9 Å². The van der Waals surface area contributed by atoms with E-state index in [1.807, 2.05) is 13.8 Å². The lowest BCUT2D eigenvalue weighted by atomic mass is 9.79. The van der Waals surface area contributed by atoms with Crippen molar-refractivity contribution in [2.75, 3.05) is 5.88 Å². The maximum Gasteiger partial charge on any atom is 0.127 e. The highest BCUT2D eigenvalue weighted by Crippen LogP contribution is 2.35. The summed E-state index contributed by atoms with van der Waals surface area (Å²) in [6.45, 7) is 3.97. The van der Waals surface area contributed by atoms with E-state index in [0.29, 0.717) is 5.88 Å². The Balaban J connectivity index is 2.69. The summed E-state index contributed by atoms with van der Waals surface area (Å²) in [5.74, 6) is 0.411. The van der Waals surface area contributed by atoms with E-state index in [-0.39, 0.29) is 17.6 Å². The number of carbonyl (C=O) groups is 1. The number of carbonyl (C=O) groups excluding carboxylic acids is 1. The van der Waals surface area contributed by atoms with Gasteiger partial charge in [-0.3, -0.25) is 0 Å². The van der Waals surface area contributed by atoms with Crippen LogP contribution in [0.15, 0.2) is 0 Å². The number of hydrogen-bond acceptors (Lipinski definition) is 2. The number of halogens is 1. The molecule has 2 unspecified atom stereocenters. The van der Waals surface area contributed by atoms with Gasteiger partial charge in [0, 0.05) is 11.3 Å². The molecule has 70 valence electrons. The van der Waals surface area contributed by atoms with E-state index in [1.54, 1.807) is 0 Å². The van der Waals surface area contributed by atoms with Crippen LogP contribution in [-0.4, -0.2) is 24.4 Å². The van der Waals surface area contributed by atoms with Crippen LogP contribution in [0.2, 0.25) is 0 Å². The first-order valence-electron chi connectivity index (χ1n) is 4.29. The predicted octanol–water partition coefficient (Wildman–Crippen LogP) is 2.00. The van der Waals surface area contributed by atoms with Crippen LogP contribution in [0.1, 0.15) is 26.7 Å². The second kappa shape index (κ2) is 3.75. The number of ether oxygens (including phenoxy) is 1. The van der Waals surface area contributed by atoms with Crippen LogP contribution in [0, 0.1) is 5.41 Å². The summed E-state index contributed by atoms with van der Waals surface area (Å²) >= 11 is 5.78. The van der Waals surface area contributed by atoms with E-state index in [1.165, 1.54) is 0 Å². The first-order chi connectivity index (χ1) is 5.62. The third-order valence-corrected chi connectivity index (χ3v) is 2.90. The van der Waals surface area contributed by atoms with E-state index in [0.717, 1.165) is 19.1 Å². The average molecular weight is 191 g/mol. The van der Waals surface area contributed by atoms with Crippen molar-refractivity contribution in [3.05, 3.63) is 0 Å². The highest BCUT2D eigenvalue weighted by atomic mass is 35.5. The van der Waals surface area contributed by atoms with Gasteiger partial charge in [0.1, 0.15) is 6.29 Å². The van der Waals surface area contributed by atoms with Crippen molar-refractivity contribution in [3.8, 4) is 0 Å². The Morgan fingerprint density at radius 1 is 1.50 bits per heavy atom. The van der Waals surface area contributed by atoms with Crippen molar-refractivity contribution in [1.82, 2.24) is 0 Å². The van der Waals surface area contributed by atoms with Crippen LogP contribution in [-0.2, 0) is 9.53 Å². The van der Waals surface area contributed by atoms with Crippen LogP contribution < -0.4 is 0 Å². The van der Waals surface area contributed by atoms with Crippen molar-refractivity contribution in [2.45, 2.75) is 38.9 Å². The largest absolute Gasteiger partial charge is 0.375 e. The molecule has 1 fully saturated rings. The van der Waals surface area contributed by atoms with Crippen LogP contribution >= 0.6 is 11.6 Å². The Kier molecular flexibility index (Phi) is 3.13. The molecule has 0 bridgehead atoms. The van der Waals surface area contributed by atoms with Gasteiger partial charge in [0.2, 0.25) is 0 Å². The zero-order valence-electron chi connectivity index (χ0n) is 7.55. The van der Waals surface area contributed by atoms with Crippen molar-refractivity contribution in [2.24, 2.45) is 5.41 Å². The third-order valence-electron chi connectivity index (χ3n) is 2.37. The van der Waals surface area contributed by atoms with Crippen LogP contribution in [0.25, 0.3) is 0 Å². The van der Waals surface area contributed by atoms with Gasteiger partial charge < -0.3 is 9.53 Å². The number of alkyl halides is 1. The lowest BCUT2D eigenvalue weighted by molar-refractivity contribution is -0.129. The molecule has 0 spiro atoms. The highest BCUT2D eigenvalue weighted by Gasteiger charge is 2.37. The van der Waals surface area contributed by atoms with E-state index in [9.17, 15) is 4.79 Å². The molecule has 0 amide bonds. The minimum Gasteiger partial charge on any atom is -0.375 e. The summed E-state index contributed by atoms with van der Waals surface area (Å²) in [6, 6.07) is 0. The van der Waals surface area contributed by atoms with Gasteiger partial charge in [-0.2, -0.15) is 0 Å². The average Bonchev–Trinajstić information content (AvgIpc) is 2.02. The lowest BCUT2D eigenvalue weighted by Gasteiger charge is -2.37. The molecule has 0 aromatic heterocycles. The molecule has 1 aliphatic rings. The molecule has 0 N–H and O–H groups in total. The normalized spacial score (nSPS) is 42.6. The molecule has 0 aromatic carbocycles. The Bertz CT molecular complexity index is 160. The maximum absolute atomic E-state index is 10.9. The van der Waals surface area contributed by atoms with Crippen molar-refractivity contribution in [3.63, 3.8) is 0 Å². The van der Waals surface area contributed by atoms with Gasteiger partial charge in [-0.1, -0.05) is 0 Å². The van der Waals surface area contributed by atoms with Crippen LogP contribution in [0.3, 0.4) is 0 Å². The molecule has 1 rings (SSSR count). The number of hydrogen-bond donors (Lipinski definition) is 0. The molecular weight excluding hydrogens is 176 g/mol. The number of rotatable bonds is 2. The van der Waals surface area contributed by atoms with E-state index in [2.05, 4.69) is 0 Å². The lowest BCUT2D eigenvalue weighted by Crippen LogP contribution is -2.40. The Morgan fingerprint density at radius 3 is 2.33 bits per heavy atom. The molecule has 3 heteroatoms. The molecule has 1 saturated heterocycles. The maximum atomic E-state index is 10.9. The van der Waals surface area contributed by atoms with Crippen molar-refractivity contribution in [1.29, 1.82) is 0 Å². The summed E-state index contributed by atoms with van der Waals surface area (Å²) in [5.41, 5.74) is -0.335. The predicted molar refractivity (Wildman–Crippen MR) is 48.5 cm³/mol. The quantitative estimate of drug-likeness (QED) is 0.492. The second-order valence-corrected chi connectivity index (χ2v) is 4.05. The molecule has 12 heavy (non-hydrogen) atoms. The van der Waals surface area contributed by atoms with Gasteiger partial charge in [-0.15, -0.1) is 11.6 Å². The highest BCUT2D eigenvalue weighted by molar-refractivity contribution is 6.19. The SMILES string of the molecule is CC1CC(C=O)(CCl)CC(C)O1. The number of aldehydes is 1. The molecule has 0 aliphatic carbocycles. The molecule has 1 heterocycles. The summed E-state index contributed by atoms with van der Waals surface area (Å²) in [5, 5.41) is 0. The summed E-state index contributed by atoms with van der Waals surface area (Å²) < 4.78 is 5.53. The van der Waals surface area contributed by atoms with Gasteiger partial charge in [-0.05, 0) is 26.7 Å². The van der Waals surface area contributed by atoms with Gasteiger partial charge in [0.05, 0.1) is 12.2 Å². The van der Waals surface area contributed by atoms with Gasteiger partial charge in [-0.25, -0.2) is 0 Å². The molecular formula is C9H15ClO2. The first kappa shape index (κ1) is 10.0. The van der Waals surface area contributed by atoms with Crippen molar-refractivity contribution < 1.29 is 9.53 Å². The fraction of sp³-hybridized carbons (Fsp3) is 0.889. The minimum absolute atomic E-state index is 0.151. The minimum atomic E-state index is -0.335. The molecule has 0 radical (unpaired) electrons. The van der Waals surface area contributed by atoms with Crippen LogP contribution in [0.5, 0.6) is 0 Å². The monoisotopic (exact) mass is 190 g/mol. The van der Waals surface area contributed by atoms with Gasteiger partial charge in [0.15, 0.2) is 0 Å². The Morgan fingerprint density at radius 2 is 2.00 bits per heavy atom. The Hall–Kier alpha value is -0.0800. The molecule has 2 atom stereocenters. The van der Waals surface area contributed by atoms with E-state index < -0.39 is 0 Å². The molecule has 1 aliphatic heterocycles.